The van der Waals surface area contributed by atoms with E-state index in [0.29, 0.717) is 13.0 Å². The summed E-state index contributed by atoms with van der Waals surface area (Å²) in [6.07, 6.45) is 22.4. The van der Waals surface area contributed by atoms with Crippen LogP contribution in [-0.4, -0.2) is 49.2 Å². The summed E-state index contributed by atoms with van der Waals surface area (Å²) in [7, 11) is 0. The van der Waals surface area contributed by atoms with Crippen molar-refractivity contribution in [3.8, 4) is 0 Å². The lowest BCUT2D eigenvalue weighted by atomic mass is 10.0. The van der Waals surface area contributed by atoms with E-state index in [0.717, 1.165) is 26.1 Å². The van der Waals surface area contributed by atoms with Crippen LogP contribution in [0.2, 0.25) is 0 Å². The van der Waals surface area contributed by atoms with E-state index in [4.69, 9.17) is 19.7 Å². The lowest BCUT2D eigenvalue weighted by Gasteiger charge is -2.04. The molecule has 2 N–H and O–H groups in total. The van der Waals surface area contributed by atoms with Gasteiger partial charge in [0.25, 0.3) is 0 Å². The Bertz CT molecular complexity index is 330. The molecule has 32 heavy (non-hydrogen) atoms. The molecule has 0 saturated heterocycles. The lowest BCUT2D eigenvalue weighted by molar-refractivity contribution is -0.142. The molecule has 5 nitrogen and oxygen atoms in total. The molecule has 0 fully saturated rings. The number of aliphatic hydroxyl groups excluding tert-OH is 2. The minimum absolute atomic E-state index is 0.0837. The van der Waals surface area contributed by atoms with Crippen LogP contribution in [-0.2, 0) is 14.3 Å². The zero-order chi connectivity index (χ0) is 24.5. The minimum Gasteiger partial charge on any atom is -0.461 e. The Morgan fingerprint density at radius 2 is 1.06 bits per heavy atom. The minimum atomic E-state index is -0.125. The Morgan fingerprint density at radius 1 is 0.688 bits per heavy atom. The number of hydrogen-bond acceptors (Lipinski definition) is 5. The fraction of sp³-hybridized carbons (Fsp3) is 0.889. The van der Waals surface area contributed by atoms with E-state index >= 15 is 0 Å². The van der Waals surface area contributed by atoms with E-state index in [2.05, 4.69) is 13.5 Å². The molecule has 0 aromatic heterocycles. The first kappa shape index (κ1) is 35.7. The quantitative estimate of drug-likeness (QED) is 0.110. The number of ether oxygens (including phenoxy) is 2. The number of carbonyl (C=O) groups is 1. The Hall–Kier alpha value is -0.910. The van der Waals surface area contributed by atoms with Crippen LogP contribution in [0.25, 0.3) is 0 Å². The van der Waals surface area contributed by atoms with Gasteiger partial charge in [0.2, 0.25) is 0 Å². The van der Waals surface area contributed by atoms with Gasteiger partial charge in [-0.05, 0) is 20.3 Å². The highest BCUT2D eigenvalue weighted by molar-refractivity contribution is 5.69. The second-order valence-electron chi connectivity index (χ2n) is 7.90. The van der Waals surface area contributed by atoms with Gasteiger partial charge in [0, 0.05) is 19.6 Å². The molecule has 0 aromatic carbocycles. The average molecular weight is 461 g/mol. The SMILES string of the molecule is C=CCOC(=O)CCCCCCCCCCCCCCCCC.CCOCC.OCCO. The Labute approximate surface area is 200 Å². The maximum atomic E-state index is 11.3. The summed E-state index contributed by atoms with van der Waals surface area (Å²) in [5.41, 5.74) is 0. The van der Waals surface area contributed by atoms with Crippen LogP contribution < -0.4 is 0 Å². The van der Waals surface area contributed by atoms with Gasteiger partial charge in [-0.2, -0.15) is 0 Å². The van der Waals surface area contributed by atoms with Crippen molar-refractivity contribution in [2.75, 3.05) is 33.0 Å². The first-order valence-electron chi connectivity index (χ1n) is 13.2. The van der Waals surface area contributed by atoms with Gasteiger partial charge in [-0.3, -0.25) is 4.79 Å². The number of carbonyl (C=O) groups excluding carboxylic acids is 1. The highest BCUT2D eigenvalue weighted by atomic mass is 16.5. The molecule has 0 aliphatic carbocycles. The number of aliphatic hydroxyl groups is 2. The lowest BCUT2D eigenvalue weighted by Crippen LogP contribution is -2.03. The van der Waals surface area contributed by atoms with Gasteiger partial charge < -0.3 is 19.7 Å². The van der Waals surface area contributed by atoms with E-state index < -0.39 is 0 Å². The van der Waals surface area contributed by atoms with Gasteiger partial charge in [0.1, 0.15) is 6.61 Å². The maximum Gasteiger partial charge on any atom is 0.306 e. The van der Waals surface area contributed by atoms with Gasteiger partial charge in [-0.15, -0.1) is 0 Å². The summed E-state index contributed by atoms with van der Waals surface area (Å²) in [5.74, 6) is -0.0837. The second kappa shape index (κ2) is 37.4. The van der Waals surface area contributed by atoms with Gasteiger partial charge in [-0.1, -0.05) is 109 Å². The number of esters is 1. The van der Waals surface area contributed by atoms with Crippen LogP contribution in [0.3, 0.4) is 0 Å². The highest BCUT2D eigenvalue weighted by Crippen LogP contribution is 2.13. The predicted octanol–water partition coefficient (Wildman–Crippen LogP) is 6.99. The van der Waals surface area contributed by atoms with Gasteiger partial charge in [0.15, 0.2) is 0 Å². The van der Waals surface area contributed by atoms with Gasteiger partial charge >= 0.3 is 5.97 Å². The summed E-state index contributed by atoms with van der Waals surface area (Å²) >= 11 is 0. The van der Waals surface area contributed by atoms with Crippen LogP contribution in [0.4, 0.5) is 0 Å². The third-order valence-electron chi connectivity index (χ3n) is 4.85. The number of hydrogen-bond donors (Lipinski definition) is 2. The largest absolute Gasteiger partial charge is 0.461 e. The zero-order valence-corrected chi connectivity index (χ0v) is 21.8. The summed E-state index contributed by atoms with van der Waals surface area (Å²) < 4.78 is 9.79. The zero-order valence-electron chi connectivity index (χ0n) is 21.8. The molecule has 0 amide bonds. The molecule has 0 atom stereocenters. The van der Waals surface area contributed by atoms with E-state index in [1.165, 1.54) is 83.5 Å². The van der Waals surface area contributed by atoms with Crippen LogP contribution >= 0.6 is 0 Å². The summed E-state index contributed by atoms with van der Waals surface area (Å²) in [5, 5.41) is 15.2. The van der Waals surface area contributed by atoms with Crippen LogP contribution in [0.15, 0.2) is 12.7 Å². The maximum absolute atomic E-state index is 11.3. The first-order valence-corrected chi connectivity index (χ1v) is 13.2. The molecule has 0 spiro atoms. The summed E-state index contributed by atoms with van der Waals surface area (Å²) in [4.78, 5) is 11.3. The molecule has 0 saturated carbocycles. The molecule has 194 valence electrons. The molecule has 0 radical (unpaired) electrons. The van der Waals surface area contributed by atoms with Crippen LogP contribution in [0.1, 0.15) is 124 Å². The fourth-order valence-electron chi connectivity index (χ4n) is 3.07. The smallest absolute Gasteiger partial charge is 0.306 e. The van der Waals surface area contributed by atoms with Crippen molar-refractivity contribution in [1.82, 2.24) is 0 Å². The third-order valence-corrected chi connectivity index (χ3v) is 4.85. The predicted molar refractivity (Wildman–Crippen MR) is 137 cm³/mol. The first-order chi connectivity index (χ1) is 15.6. The standard InChI is InChI=1S/C21H40O2.C4H10O.C2H6O2/c1-3-5-6-7-8-9-10-11-12-13-14-15-16-17-18-19-21(22)23-20-4-2;1-3-5-4-2;3-1-2-4/h4H,2-3,5-20H2,1H3;3-4H2,1-2H3;3-4H,1-2H2. The van der Waals surface area contributed by atoms with Crippen molar-refractivity contribution in [2.45, 2.75) is 124 Å². The van der Waals surface area contributed by atoms with Crippen molar-refractivity contribution in [3.63, 3.8) is 0 Å². The normalized spacial score (nSPS) is 9.91. The van der Waals surface area contributed by atoms with E-state index in [-0.39, 0.29) is 19.2 Å². The van der Waals surface area contributed by atoms with Crippen LogP contribution in [0.5, 0.6) is 0 Å². The fourth-order valence-corrected chi connectivity index (χ4v) is 3.07. The topological polar surface area (TPSA) is 76.0 Å². The van der Waals surface area contributed by atoms with Crippen molar-refractivity contribution >= 4 is 5.97 Å². The molecule has 0 rings (SSSR count). The van der Waals surface area contributed by atoms with Gasteiger partial charge in [0.05, 0.1) is 13.2 Å². The second-order valence-corrected chi connectivity index (χ2v) is 7.90. The highest BCUT2D eigenvalue weighted by Gasteiger charge is 2.00. The molecular weight excluding hydrogens is 404 g/mol. The Morgan fingerprint density at radius 3 is 1.34 bits per heavy atom. The molecule has 0 bridgehead atoms. The van der Waals surface area contributed by atoms with Gasteiger partial charge in [-0.25, -0.2) is 0 Å². The molecule has 0 aromatic rings. The van der Waals surface area contributed by atoms with Crippen molar-refractivity contribution in [1.29, 1.82) is 0 Å². The number of unbranched alkanes of at least 4 members (excludes halogenated alkanes) is 14. The van der Waals surface area contributed by atoms with Crippen molar-refractivity contribution in [3.05, 3.63) is 12.7 Å². The molecular formula is C27H56O5. The van der Waals surface area contributed by atoms with Crippen LogP contribution in [0, 0.1) is 0 Å². The van der Waals surface area contributed by atoms with E-state index in [9.17, 15) is 4.79 Å². The molecule has 5 heteroatoms. The Kier molecular flexibility index (Phi) is 41.7. The molecule has 0 aliphatic heterocycles. The molecule has 0 heterocycles. The summed E-state index contributed by atoms with van der Waals surface area (Å²) in [6, 6.07) is 0. The molecule has 0 unspecified atom stereocenters. The summed E-state index contributed by atoms with van der Waals surface area (Å²) in [6.45, 7) is 11.6. The van der Waals surface area contributed by atoms with E-state index in [1.54, 1.807) is 6.08 Å². The average Bonchev–Trinajstić information content (AvgIpc) is 2.81. The Balaban J connectivity index is -0.000000783. The monoisotopic (exact) mass is 460 g/mol. The van der Waals surface area contributed by atoms with E-state index in [1.807, 2.05) is 13.8 Å². The van der Waals surface area contributed by atoms with Crippen molar-refractivity contribution in [2.24, 2.45) is 0 Å². The third kappa shape index (κ3) is 43.1. The number of rotatable bonds is 21. The molecule has 0 aliphatic rings. The van der Waals surface area contributed by atoms with Crippen molar-refractivity contribution < 1.29 is 24.5 Å².